The van der Waals surface area contributed by atoms with Crippen LogP contribution >= 0.6 is 0 Å². The molecule has 152 valence electrons. The van der Waals surface area contributed by atoms with Crippen LogP contribution in [0, 0.1) is 25.2 Å². The summed E-state index contributed by atoms with van der Waals surface area (Å²) in [7, 11) is 0. The van der Waals surface area contributed by atoms with Gasteiger partial charge in [0.05, 0.1) is 17.3 Å². The van der Waals surface area contributed by atoms with Gasteiger partial charge in [-0.25, -0.2) is 14.6 Å². The quantitative estimate of drug-likeness (QED) is 0.529. The fraction of sp³-hybridized carbons (Fsp3) is 0.0870. The number of aromatic nitrogens is 4. The molecule has 0 saturated carbocycles. The van der Waals surface area contributed by atoms with Crippen LogP contribution in [-0.4, -0.2) is 25.7 Å². The molecule has 0 fully saturated rings. The third-order valence-electron chi connectivity index (χ3n) is 4.46. The first-order chi connectivity index (χ1) is 15.0. The Balaban J connectivity index is 1.44. The largest absolute Gasteiger partial charge is 0.439 e. The van der Waals surface area contributed by atoms with Gasteiger partial charge >= 0.3 is 0 Å². The number of nitrogens with zero attached hydrogens (tertiary/aromatic N) is 5. The zero-order chi connectivity index (χ0) is 21.8. The van der Waals surface area contributed by atoms with Crippen LogP contribution in [0.15, 0.2) is 67.0 Å². The van der Waals surface area contributed by atoms with Crippen LogP contribution in [0.2, 0.25) is 0 Å². The fourth-order valence-electron chi connectivity index (χ4n) is 2.99. The Hall–Kier alpha value is -4.51. The van der Waals surface area contributed by atoms with Gasteiger partial charge in [-0.1, -0.05) is 0 Å². The molecule has 0 spiro atoms. The van der Waals surface area contributed by atoms with Gasteiger partial charge in [0, 0.05) is 23.0 Å². The van der Waals surface area contributed by atoms with Gasteiger partial charge in [0.2, 0.25) is 5.88 Å². The number of ether oxygens (including phenoxy) is 1. The van der Waals surface area contributed by atoms with Crippen LogP contribution in [0.5, 0.6) is 11.6 Å². The summed E-state index contributed by atoms with van der Waals surface area (Å²) < 4.78 is 7.55. The van der Waals surface area contributed by atoms with Crippen molar-refractivity contribution < 1.29 is 9.53 Å². The average molecular weight is 410 g/mol. The van der Waals surface area contributed by atoms with E-state index < -0.39 is 0 Å². The van der Waals surface area contributed by atoms with Crippen molar-refractivity contribution in [1.29, 1.82) is 5.26 Å². The molecule has 0 saturated heterocycles. The van der Waals surface area contributed by atoms with E-state index in [-0.39, 0.29) is 5.91 Å². The van der Waals surface area contributed by atoms with Gasteiger partial charge in [-0.3, -0.25) is 4.79 Å². The molecular weight excluding hydrogens is 392 g/mol. The van der Waals surface area contributed by atoms with Crippen molar-refractivity contribution in [2.45, 2.75) is 13.8 Å². The Labute approximate surface area is 178 Å². The van der Waals surface area contributed by atoms with E-state index >= 15 is 0 Å². The number of carbonyl (C=O) groups excluding carboxylic acids is 1. The van der Waals surface area contributed by atoms with Gasteiger partial charge in [0.15, 0.2) is 5.82 Å². The van der Waals surface area contributed by atoms with Crippen molar-refractivity contribution in [1.82, 2.24) is 19.7 Å². The lowest BCUT2D eigenvalue weighted by Crippen LogP contribution is -2.11. The molecule has 1 amide bonds. The lowest BCUT2D eigenvalue weighted by atomic mass is 10.1. The highest BCUT2D eigenvalue weighted by molar-refractivity contribution is 6.04. The number of anilines is 1. The number of nitrogens with one attached hydrogen (secondary N) is 1. The zero-order valence-corrected chi connectivity index (χ0v) is 16.9. The normalized spacial score (nSPS) is 10.4. The predicted molar refractivity (Wildman–Crippen MR) is 114 cm³/mol. The van der Waals surface area contributed by atoms with Crippen molar-refractivity contribution in [3.63, 3.8) is 0 Å². The third kappa shape index (κ3) is 4.57. The van der Waals surface area contributed by atoms with Crippen LogP contribution < -0.4 is 10.1 Å². The van der Waals surface area contributed by atoms with E-state index in [0.717, 1.165) is 11.4 Å². The van der Waals surface area contributed by atoms with E-state index in [1.54, 1.807) is 59.3 Å². The van der Waals surface area contributed by atoms with Crippen LogP contribution in [0.4, 0.5) is 5.69 Å². The maximum Gasteiger partial charge on any atom is 0.255 e. The molecule has 0 atom stereocenters. The highest BCUT2D eigenvalue weighted by Crippen LogP contribution is 2.23. The summed E-state index contributed by atoms with van der Waals surface area (Å²) in [4.78, 5) is 20.8. The van der Waals surface area contributed by atoms with Crippen LogP contribution in [0.3, 0.4) is 0 Å². The second-order valence-electron chi connectivity index (χ2n) is 6.82. The maximum atomic E-state index is 12.3. The molecule has 0 bridgehead atoms. The van der Waals surface area contributed by atoms with Crippen LogP contribution in [-0.2, 0) is 0 Å². The highest BCUT2D eigenvalue weighted by atomic mass is 16.5. The topological polar surface area (TPSA) is 106 Å². The molecule has 2 aromatic heterocycles. The second-order valence-corrected chi connectivity index (χ2v) is 6.82. The van der Waals surface area contributed by atoms with Crippen molar-refractivity contribution in [2.24, 2.45) is 0 Å². The van der Waals surface area contributed by atoms with Gasteiger partial charge in [0.25, 0.3) is 5.91 Å². The summed E-state index contributed by atoms with van der Waals surface area (Å²) in [6.45, 7) is 3.87. The van der Waals surface area contributed by atoms with Crippen LogP contribution in [0.1, 0.15) is 27.3 Å². The summed E-state index contributed by atoms with van der Waals surface area (Å²) >= 11 is 0. The molecule has 0 aliphatic heterocycles. The van der Waals surface area contributed by atoms with Gasteiger partial charge in [0.1, 0.15) is 12.1 Å². The number of carbonyl (C=O) groups is 1. The Morgan fingerprint density at radius 2 is 1.77 bits per heavy atom. The summed E-state index contributed by atoms with van der Waals surface area (Å²) in [5.41, 5.74) is 3.45. The Kier molecular flexibility index (Phi) is 5.41. The molecule has 8 nitrogen and oxygen atoms in total. The molecule has 4 aromatic rings. The number of amides is 1. The minimum absolute atomic E-state index is 0.261. The lowest BCUT2D eigenvalue weighted by Gasteiger charge is -2.09. The minimum Gasteiger partial charge on any atom is -0.439 e. The Bertz CT molecular complexity index is 1270. The second kappa shape index (κ2) is 8.47. The highest BCUT2D eigenvalue weighted by Gasteiger charge is 2.09. The summed E-state index contributed by atoms with van der Waals surface area (Å²) in [5, 5.41) is 16.1. The number of benzene rings is 2. The predicted octanol–water partition coefficient (Wildman–Crippen LogP) is 4.20. The van der Waals surface area contributed by atoms with E-state index in [1.807, 2.05) is 26.0 Å². The molecular formula is C23H18N6O2. The first-order valence-corrected chi connectivity index (χ1v) is 9.47. The molecule has 2 aromatic carbocycles. The molecule has 31 heavy (non-hydrogen) atoms. The van der Waals surface area contributed by atoms with Crippen LogP contribution in [0.25, 0.3) is 5.82 Å². The molecule has 4 rings (SSSR count). The first-order valence-electron chi connectivity index (χ1n) is 9.47. The smallest absolute Gasteiger partial charge is 0.255 e. The van der Waals surface area contributed by atoms with E-state index in [4.69, 9.17) is 10.00 Å². The number of aryl methyl sites for hydroxylation is 2. The van der Waals surface area contributed by atoms with E-state index in [2.05, 4.69) is 20.4 Å². The summed E-state index contributed by atoms with van der Waals surface area (Å²) in [5.74, 6) is 1.30. The number of hydrogen-bond donors (Lipinski definition) is 1. The third-order valence-corrected chi connectivity index (χ3v) is 4.46. The summed E-state index contributed by atoms with van der Waals surface area (Å²) in [6.07, 6.45) is 1.42. The molecule has 1 N–H and O–H groups in total. The van der Waals surface area contributed by atoms with Gasteiger partial charge in [-0.05, 0) is 68.4 Å². The first kappa shape index (κ1) is 19.8. The minimum atomic E-state index is -0.261. The molecule has 0 aliphatic carbocycles. The maximum absolute atomic E-state index is 12.3. The molecule has 0 unspecified atom stereocenters. The number of rotatable bonds is 5. The standard InChI is InChI=1S/C23H18N6O2/c1-15-11-16(2)29(28-15)21-12-22(26-14-25-21)31-20-9-7-19(8-10-20)27-23(30)18-5-3-17(13-24)4-6-18/h3-12,14H,1-2H3,(H,27,30). The Morgan fingerprint density at radius 3 is 2.42 bits per heavy atom. The zero-order valence-electron chi connectivity index (χ0n) is 16.9. The fourth-order valence-corrected chi connectivity index (χ4v) is 2.99. The van der Waals surface area contributed by atoms with Gasteiger partial charge in [-0.15, -0.1) is 0 Å². The average Bonchev–Trinajstić information content (AvgIpc) is 3.13. The van der Waals surface area contributed by atoms with Crippen molar-refractivity contribution in [2.75, 3.05) is 5.32 Å². The SMILES string of the molecule is Cc1cc(C)n(-c2cc(Oc3ccc(NC(=O)c4ccc(C#N)cc4)cc3)ncn2)n1. The van der Waals surface area contributed by atoms with Gasteiger partial charge in [-0.2, -0.15) is 10.4 Å². The van der Waals surface area contributed by atoms with Crippen molar-refractivity contribution in [3.8, 4) is 23.5 Å². The lowest BCUT2D eigenvalue weighted by molar-refractivity contribution is 0.102. The van der Waals surface area contributed by atoms with Gasteiger partial charge < -0.3 is 10.1 Å². The van der Waals surface area contributed by atoms with E-state index in [0.29, 0.717) is 34.3 Å². The van der Waals surface area contributed by atoms with E-state index in [1.165, 1.54) is 6.33 Å². The molecule has 0 aliphatic rings. The molecule has 0 radical (unpaired) electrons. The molecule has 8 heteroatoms. The number of nitriles is 1. The van der Waals surface area contributed by atoms with E-state index in [9.17, 15) is 4.79 Å². The molecule has 2 heterocycles. The van der Waals surface area contributed by atoms with Crippen molar-refractivity contribution in [3.05, 3.63) is 89.5 Å². The number of hydrogen-bond acceptors (Lipinski definition) is 6. The van der Waals surface area contributed by atoms with Crippen molar-refractivity contribution >= 4 is 11.6 Å². The Morgan fingerprint density at radius 1 is 1.03 bits per heavy atom. The summed E-state index contributed by atoms with van der Waals surface area (Å²) in [6, 6.07) is 19.1. The monoisotopic (exact) mass is 410 g/mol.